The van der Waals surface area contributed by atoms with Crippen molar-refractivity contribution in [2.24, 2.45) is 5.92 Å². The molecule has 0 aliphatic carbocycles. The molecule has 0 aromatic heterocycles. The van der Waals surface area contributed by atoms with Crippen LogP contribution < -0.4 is 4.74 Å². The number of carbonyl (C=O) groups is 1. The van der Waals surface area contributed by atoms with Gasteiger partial charge in [-0.1, -0.05) is 55.5 Å². The maximum Gasteiger partial charge on any atom is 0.307 e. The number of allylic oxidation sites excluding steroid dienone is 1. The highest BCUT2D eigenvalue weighted by Crippen LogP contribution is 2.28. The third-order valence-corrected chi connectivity index (χ3v) is 3.67. The molecule has 0 amide bonds. The average molecular weight is 296 g/mol. The number of rotatable bonds is 7. The van der Waals surface area contributed by atoms with E-state index in [2.05, 4.69) is 6.58 Å². The highest BCUT2D eigenvalue weighted by molar-refractivity contribution is 5.71. The average Bonchev–Trinajstić information content (AvgIpc) is 2.55. The van der Waals surface area contributed by atoms with E-state index in [1.54, 1.807) is 13.0 Å². The van der Waals surface area contributed by atoms with Crippen LogP contribution in [0.1, 0.15) is 24.0 Å². The molecule has 3 nitrogen and oxygen atoms in total. The van der Waals surface area contributed by atoms with Crippen LogP contribution in [0.5, 0.6) is 5.75 Å². The molecular weight excluding hydrogens is 276 g/mol. The Hall–Kier alpha value is -2.55. The van der Waals surface area contributed by atoms with Crippen LogP contribution in [0.25, 0.3) is 0 Å². The van der Waals surface area contributed by atoms with Crippen molar-refractivity contribution >= 4 is 5.97 Å². The van der Waals surface area contributed by atoms with Crippen LogP contribution in [-0.4, -0.2) is 11.1 Å². The lowest BCUT2D eigenvalue weighted by molar-refractivity contribution is -0.141. The molecule has 1 N–H and O–H groups in total. The number of hydrogen-bond donors (Lipinski definition) is 1. The molecule has 0 radical (unpaired) electrons. The summed E-state index contributed by atoms with van der Waals surface area (Å²) in [7, 11) is 0. The van der Waals surface area contributed by atoms with E-state index in [0.29, 0.717) is 6.61 Å². The first kappa shape index (κ1) is 15.8. The zero-order valence-electron chi connectivity index (χ0n) is 12.6. The monoisotopic (exact) mass is 296 g/mol. The Kier molecular flexibility index (Phi) is 5.37. The Morgan fingerprint density at radius 3 is 2.59 bits per heavy atom. The summed E-state index contributed by atoms with van der Waals surface area (Å²) in [5.41, 5.74) is 1.99. The van der Waals surface area contributed by atoms with Gasteiger partial charge in [-0.25, -0.2) is 0 Å². The van der Waals surface area contributed by atoms with Crippen molar-refractivity contribution in [1.29, 1.82) is 0 Å². The summed E-state index contributed by atoms with van der Waals surface area (Å²) in [5, 5.41) is 9.19. The van der Waals surface area contributed by atoms with Crippen LogP contribution in [0.2, 0.25) is 0 Å². The lowest BCUT2D eigenvalue weighted by Gasteiger charge is -2.18. The maximum absolute atomic E-state index is 11.2. The Labute approximate surface area is 130 Å². The second-order valence-corrected chi connectivity index (χ2v) is 5.24. The van der Waals surface area contributed by atoms with Crippen molar-refractivity contribution in [1.82, 2.24) is 0 Å². The van der Waals surface area contributed by atoms with Gasteiger partial charge < -0.3 is 9.84 Å². The van der Waals surface area contributed by atoms with Gasteiger partial charge in [0.05, 0.1) is 5.92 Å². The topological polar surface area (TPSA) is 46.5 Å². The van der Waals surface area contributed by atoms with Gasteiger partial charge in [0.1, 0.15) is 12.4 Å². The van der Waals surface area contributed by atoms with E-state index in [1.165, 1.54) is 0 Å². The molecule has 0 saturated heterocycles. The van der Waals surface area contributed by atoms with Gasteiger partial charge in [0.25, 0.3) is 0 Å². The summed E-state index contributed by atoms with van der Waals surface area (Å²) in [6, 6.07) is 17.4. The van der Waals surface area contributed by atoms with Gasteiger partial charge in [0.2, 0.25) is 0 Å². The molecule has 0 heterocycles. The van der Waals surface area contributed by atoms with Crippen molar-refractivity contribution in [3.8, 4) is 5.75 Å². The molecule has 114 valence electrons. The Bertz CT molecular complexity index is 634. The number of benzene rings is 2. The third-order valence-electron chi connectivity index (χ3n) is 3.67. The molecule has 2 aromatic carbocycles. The van der Waals surface area contributed by atoms with Crippen LogP contribution in [0.15, 0.2) is 67.3 Å². The number of carboxylic acid groups (broad SMARTS) is 1. The number of ether oxygens (including phenoxy) is 1. The Balaban J connectivity index is 2.12. The van der Waals surface area contributed by atoms with E-state index in [-0.39, 0.29) is 5.92 Å². The fourth-order valence-corrected chi connectivity index (χ4v) is 2.34. The SMILES string of the molecule is C=CC(c1cccc(OCc2ccccc2)c1)C(C)C(=O)O. The predicted octanol–water partition coefficient (Wildman–Crippen LogP) is 4.26. The lowest BCUT2D eigenvalue weighted by Crippen LogP contribution is -2.17. The zero-order chi connectivity index (χ0) is 15.9. The molecule has 3 heteroatoms. The van der Waals surface area contributed by atoms with Crippen LogP contribution in [0.4, 0.5) is 0 Å². The van der Waals surface area contributed by atoms with Crippen LogP contribution in [0.3, 0.4) is 0 Å². The predicted molar refractivity (Wildman–Crippen MR) is 87.0 cm³/mol. The van der Waals surface area contributed by atoms with Gasteiger partial charge >= 0.3 is 5.97 Å². The van der Waals surface area contributed by atoms with Gasteiger partial charge in [-0.15, -0.1) is 6.58 Å². The summed E-state index contributed by atoms with van der Waals surface area (Å²) < 4.78 is 5.79. The molecule has 0 spiro atoms. The summed E-state index contributed by atoms with van der Waals surface area (Å²) in [6.07, 6.45) is 1.68. The summed E-state index contributed by atoms with van der Waals surface area (Å²) in [6.45, 7) is 5.93. The zero-order valence-corrected chi connectivity index (χ0v) is 12.6. The first-order valence-corrected chi connectivity index (χ1v) is 7.24. The second-order valence-electron chi connectivity index (χ2n) is 5.24. The normalized spacial score (nSPS) is 13.1. The van der Waals surface area contributed by atoms with Gasteiger partial charge in [0.15, 0.2) is 0 Å². The van der Waals surface area contributed by atoms with Gasteiger partial charge in [-0.2, -0.15) is 0 Å². The van der Waals surface area contributed by atoms with E-state index < -0.39 is 11.9 Å². The minimum atomic E-state index is -0.833. The van der Waals surface area contributed by atoms with Crippen molar-refractivity contribution in [2.45, 2.75) is 19.4 Å². The molecule has 0 aliphatic heterocycles. The Morgan fingerprint density at radius 2 is 1.95 bits per heavy atom. The first-order chi connectivity index (χ1) is 10.6. The first-order valence-electron chi connectivity index (χ1n) is 7.24. The fraction of sp³-hybridized carbons (Fsp3) is 0.211. The summed E-state index contributed by atoms with van der Waals surface area (Å²) in [5.74, 6) is -0.869. The maximum atomic E-state index is 11.2. The summed E-state index contributed by atoms with van der Waals surface area (Å²) >= 11 is 0. The van der Waals surface area contributed by atoms with Crippen LogP contribution >= 0.6 is 0 Å². The minimum absolute atomic E-state index is 0.238. The van der Waals surface area contributed by atoms with E-state index >= 15 is 0 Å². The molecule has 2 aromatic rings. The molecule has 2 unspecified atom stereocenters. The van der Waals surface area contributed by atoms with Gasteiger partial charge in [-0.3, -0.25) is 4.79 Å². The second kappa shape index (κ2) is 7.46. The molecule has 0 bridgehead atoms. The quantitative estimate of drug-likeness (QED) is 0.777. The van der Waals surface area contributed by atoms with E-state index in [4.69, 9.17) is 4.74 Å². The minimum Gasteiger partial charge on any atom is -0.489 e. The van der Waals surface area contributed by atoms with Gasteiger partial charge in [0, 0.05) is 5.92 Å². The van der Waals surface area contributed by atoms with Crippen molar-refractivity contribution < 1.29 is 14.6 Å². The fourth-order valence-electron chi connectivity index (χ4n) is 2.34. The van der Waals surface area contributed by atoms with E-state index in [1.807, 2.05) is 54.6 Å². The smallest absolute Gasteiger partial charge is 0.307 e. The molecule has 2 atom stereocenters. The largest absolute Gasteiger partial charge is 0.489 e. The molecule has 22 heavy (non-hydrogen) atoms. The van der Waals surface area contributed by atoms with Gasteiger partial charge in [-0.05, 0) is 23.3 Å². The number of carboxylic acids is 1. The molecule has 0 fully saturated rings. The highest BCUT2D eigenvalue weighted by atomic mass is 16.5. The van der Waals surface area contributed by atoms with Crippen molar-refractivity contribution in [3.05, 3.63) is 78.4 Å². The highest BCUT2D eigenvalue weighted by Gasteiger charge is 2.22. The Morgan fingerprint density at radius 1 is 1.23 bits per heavy atom. The summed E-state index contributed by atoms with van der Waals surface area (Å²) in [4.78, 5) is 11.2. The van der Waals surface area contributed by atoms with E-state index in [0.717, 1.165) is 16.9 Å². The molecule has 0 aliphatic rings. The number of aliphatic carboxylic acids is 1. The van der Waals surface area contributed by atoms with Crippen molar-refractivity contribution in [2.75, 3.05) is 0 Å². The van der Waals surface area contributed by atoms with Crippen LogP contribution in [-0.2, 0) is 11.4 Å². The van der Waals surface area contributed by atoms with E-state index in [9.17, 15) is 9.90 Å². The lowest BCUT2D eigenvalue weighted by atomic mass is 9.87. The third kappa shape index (κ3) is 3.98. The molecule has 2 rings (SSSR count). The van der Waals surface area contributed by atoms with Crippen molar-refractivity contribution in [3.63, 3.8) is 0 Å². The number of hydrogen-bond acceptors (Lipinski definition) is 2. The van der Waals surface area contributed by atoms with Crippen LogP contribution in [0, 0.1) is 5.92 Å². The molecule has 0 saturated carbocycles. The standard InChI is InChI=1S/C19H20O3/c1-3-18(14(2)19(20)21)16-10-7-11-17(12-16)22-13-15-8-5-4-6-9-15/h3-12,14,18H,1,13H2,2H3,(H,20,21). The molecular formula is C19H20O3.